The largest absolute Gasteiger partial charge is 0.353 e. The zero-order valence-corrected chi connectivity index (χ0v) is 13.8. The van der Waals surface area contributed by atoms with E-state index >= 15 is 0 Å². The maximum Gasteiger partial charge on any atom is 0.239 e. The van der Waals surface area contributed by atoms with Gasteiger partial charge < -0.3 is 10.6 Å². The van der Waals surface area contributed by atoms with Crippen LogP contribution in [0.2, 0.25) is 0 Å². The third kappa shape index (κ3) is 4.59. The molecule has 2 N–H and O–H groups in total. The monoisotopic (exact) mass is 290 g/mol. The topological polar surface area (TPSA) is 58.2 Å². The van der Waals surface area contributed by atoms with E-state index in [1.54, 1.807) is 13.8 Å². The molecule has 1 atom stereocenters. The molecule has 1 aromatic rings. The molecule has 116 valence electrons. The molecule has 0 aliphatic heterocycles. The fraction of sp³-hybridized carbons (Fsp3) is 0.529. The molecule has 4 nitrogen and oxygen atoms in total. The number of anilines is 1. The number of carbonyl (C=O) groups excluding carboxylic acids is 2. The van der Waals surface area contributed by atoms with Crippen molar-refractivity contribution in [2.75, 3.05) is 5.32 Å². The first-order valence-corrected chi connectivity index (χ1v) is 7.37. The van der Waals surface area contributed by atoms with Crippen molar-refractivity contribution in [3.05, 3.63) is 29.3 Å². The van der Waals surface area contributed by atoms with Gasteiger partial charge in [0.25, 0.3) is 0 Å². The molecule has 4 heteroatoms. The fourth-order valence-electron chi connectivity index (χ4n) is 1.94. The van der Waals surface area contributed by atoms with Crippen LogP contribution in [0.25, 0.3) is 0 Å². The number of carbonyl (C=O) groups is 2. The summed E-state index contributed by atoms with van der Waals surface area (Å²) < 4.78 is 0. The highest BCUT2D eigenvalue weighted by Gasteiger charge is 2.36. The zero-order valence-electron chi connectivity index (χ0n) is 13.8. The van der Waals surface area contributed by atoms with Gasteiger partial charge in [0.2, 0.25) is 11.8 Å². The van der Waals surface area contributed by atoms with Crippen molar-refractivity contribution in [1.29, 1.82) is 0 Å². The molecule has 0 saturated heterocycles. The number of amides is 2. The number of aryl methyl sites for hydroxylation is 2. The van der Waals surface area contributed by atoms with Crippen LogP contribution in [0.5, 0.6) is 0 Å². The van der Waals surface area contributed by atoms with Gasteiger partial charge in [-0.05, 0) is 64.3 Å². The third-order valence-electron chi connectivity index (χ3n) is 3.60. The molecule has 21 heavy (non-hydrogen) atoms. The van der Waals surface area contributed by atoms with Gasteiger partial charge in [-0.1, -0.05) is 13.0 Å². The number of rotatable bonds is 5. The maximum atomic E-state index is 12.4. The molecule has 0 aliphatic carbocycles. The second kappa shape index (κ2) is 6.74. The molecule has 0 aliphatic rings. The highest BCUT2D eigenvalue weighted by molar-refractivity contribution is 6.09. The van der Waals surface area contributed by atoms with Gasteiger partial charge in [-0.2, -0.15) is 0 Å². The molecule has 0 radical (unpaired) electrons. The van der Waals surface area contributed by atoms with Gasteiger partial charge in [-0.15, -0.1) is 0 Å². The molecule has 1 aromatic carbocycles. The van der Waals surface area contributed by atoms with Crippen LogP contribution >= 0.6 is 0 Å². The highest BCUT2D eigenvalue weighted by Crippen LogP contribution is 2.21. The first-order valence-electron chi connectivity index (χ1n) is 7.37. The van der Waals surface area contributed by atoms with Crippen molar-refractivity contribution in [3.8, 4) is 0 Å². The van der Waals surface area contributed by atoms with Crippen LogP contribution < -0.4 is 10.6 Å². The van der Waals surface area contributed by atoms with E-state index in [0.717, 1.165) is 23.2 Å². The summed E-state index contributed by atoms with van der Waals surface area (Å²) >= 11 is 0. The predicted octanol–water partition coefficient (Wildman–Crippen LogP) is 3.18. The van der Waals surface area contributed by atoms with Crippen molar-refractivity contribution in [2.24, 2.45) is 5.41 Å². The minimum atomic E-state index is -1.11. The van der Waals surface area contributed by atoms with Gasteiger partial charge in [0, 0.05) is 11.7 Å². The molecule has 0 bridgehead atoms. The van der Waals surface area contributed by atoms with E-state index in [-0.39, 0.29) is 17.9 Å². The van der Waals surface area contributed by atoms with E-state index in [0.29, 0.717) is 0 Å². The minimum Gasteiger partial charge on any atom is -0.353 e. The predicted molar refractivity (Wildman–Crippen MR) is 86.2 cm³/mol. The van der Waals surface area contributed by atoms with Crippen molar-refractivity contribution in [2.45, 2.75) is 54.0 Å². The van der Waals surface area contributed by atoms with Crippen LogP contribution in [0.1, 0.15) is 45.2 Å². The Kier molecular flexibility index (Phi) is 5.53. The summed E-state index contributed by atoms with van der Waals surface area (Å²) in [5.41, 5.74) is 1.77. The average Bonchev–Trinajstić information content (AvgIpc) is 2.36. The average molecular weight is 290 g/mol. The Morgan fingerprint density at radius 3 is 2.10 bits per heavy atom. The number of nitrogens with one attached hydrogen (secondary N) is 2. The van der Waals surface area contributed by atoms with Gasteiger partial charge in [-0.3, -0.25) is 9.59 Å². The van der Waals surface area contributed by atoms with Crippen molar-refractivity contribution < 1.29 is 9.59 Å². The lowest BCUT2D eigenvalue weighted by atomic mass is 9.90. The molecule has 2 amide bonds. The highest BCUT2D eigenvalue weighted by atomic mass is 16.2. The summed E-state index contributed by atoms with van der Waals surface area (Å²) in [5, 5.41) is 5.70. The van der Waals surface area contributed by atoms with Gasteiger partial charge >= 0.3 is 0 Å². The standard InChI is InChI=1S/C17H26N2O2/c1-7-13(4)18-15(20)17(5,6)16(21)19-14-9-11(2)8-12(3)10-14/h8-10,13H,7H2,1-6H3,(H,18,20)(H,19,21). The van der Waals surface area contributed by atoms with E-state index in [1.807, 2.05) is 45.9 Å². The van der Waals surface area contributed by atoms with Crippen molar-refractivity contribution >= 4 is 17.5 Å². The Morgan fingerprint density at radius 2 is 1.62 bits per heavy atom. The Hall–Kier alpha value is -1.84. The van der Waals surface area contributed by atoms with Crippen molar-refractivity contribution in [3.63, 3.8) is 0 Å². The summed E-state index contributed by atoms with van der Waals surface area (Å²) in [7, 11) is 0. The lowest BCUT2D eigenvalue weighted by Gasteiger charge is -2.25. The molecule has 0 saturated carbocycles. The lowest BCUT2D eigenvalue weighted by Crippen LogP contribution is -2.47. The Labute approximate surface area is 127 Å². The molecule has 0 heterocycles. The minimum absolute atomic E-state index is 0.0609. The molecule has 0 fully saturated rings. The number of hydrogen-bond acceptors (Lipinski definition) is 2. The Bertz CT molecular complexity index is 515. The van der Waals surface area contributed by atoms with E-state index in [1.165, 1.54) is 0 Å². The van der Waals surface area contributed by atoms with Crippen LogP contribution in [0.15, 0.2) is 18.2 Å². The second-order valence-electron chi connectivity index (χ2n) is 6.24. The molecular weight excluding hydrogens is 264 g/mol. The number of benzene rings is 1. The van der Waals surface area contributed by atoms with E-state index in [4.69, 9.17) is 0 Å². The summed E-state index contributed by atoms with van der Waals surface area (Å²) in [5.74, 6) is -0.549. The quantitative estimate of drug-likeness (QED) is 0.818. The molecule has 0 spiro atoms. The van der Waals surface area contributed by atoms with Gasteiger partial charge in [0.1, 0.15) is 5.41 Å². The van der Waals surface area contributed by atoms with Crippen molar-refractivity contribution in [1.82, 2.24) is 5.32 Å². The summed E-state index contributed by atoms with van der Waals surface area (Å²) in [6.45, 7) is 11.2. The molecule has 1 unspecified atom stereocenters. The summed E-state index contributed by atoms with van der Waals surface area (Å²) in [4.78, 5) is 24.6. The Balaban J connectivity index is 2.83. The van der Waals surface area contributed by atoms with Crippen LogP contribution in [-0.4, -0.2) is 17.9 Å². The second-order valence-corrected chi connectivity index (χ2v) is 6.24. The third-order valence-corrected chi connectivity index (χ3v) is 3.60. The fourth-order valence-corrected chi connectivity index (χ4v) is 1.94. The van der Waals surface area contributed by atoms with Crippen LogP contribution in [-0.2, 0) is 9.59 Å². The van der Waals surface area contributed by atoms with Gasteiger partial charge in [-0.25, -0.2) is 0 Å². The van der Waals surface area contributed by atoms with E-state index in [9.17, 15) is 9.59 Å². The maximum absolute atomic E-state index is 12.4. The first-order chi connectivity index (χ1) is 9.66. The Morgan fingerprint density at radius 1 is 1.10 bits per heavy atom. The first kappa shape index (κ1) is 17.2. The zero-order chi connectivity index (χ0) is 16.2. The van der Waals surface area contributed by atoms with E-state index in [2.05, 4.69) is 10.6 Å². The number of hydrogen-bond donors (Lipinski definition) is 2. The summed E-state index contributed by atoms with van der Waals surface area (Å²) in [6, 6.07) is 5.89. The normalized spacial score (nSPS) is 12.7. The van der Waals surface area contributed by atoms with Crippen LogP contribution in [0.3, 0.4) is 0 Å². The summed E-state index contributed by atoms with van der Waals surface area (Å²) in [6.07, 6.45) is 0.834. The smallest absolute Gasteiger partial charge is 0.239 e. The molecule has 1 rings (SSSR count). The van der Waals surface area contributed by atoms with Gasteiger partial charge in [0.05, 0.1) is 0 Å². The lowest BCUT2D eigenvalue weighted by molar-refractivity contribution is -0.138. The SMILES string of the molecule is CCC(C)NC(=O)C(C)(C)C(=O)Nc1cc(C)cc(C)c1. The molecule has 0 aromatic heterocycles. The van der Waals surface area contributed by atoms with Crippen LogP contribution in [0.4, 0.5) is 5.69 Å². The molecular formula is C17H26N2O2. The van der Waals surface area contributed by atoms with Crippen LogP contribution in [0, 0.1) is 19.3 Å². The van der Waals surface area contributed by atoms with E-state index < -0.39 is 5.41 Å². The van der Waals surface area contributed by atoms with Gasteiger partial charge in [0.15, 0.2) is 0 Å².